The highest BCUT2D eigenvalue weighted by Gasteiger charge is 2.24. The van der Waals surface area contributed by atoms with Crippen molar-refractivity contribution in [1.82, 2.24) is 14.8 Å². The molecule has 1 aromatic rings. The fraction of sp³-hybridized carbons (Fsp3) is 0.571. The van der Waals surface area contributed by atoms with Crippen LogP contribution in [0.4, 0.5) is 0 Å². The van der Waals surface area contributed by atoms with E-state index in [0.717, 1.165) is 32.6 Å². The van der Waals surface area contributed by atoms with Crippen LogP contribution in [0, 0.1) is 0 Å². The molecule has 5 nitrogen and oxygen atoms in total. The first-order valence-corrected chi connectivity index (χ1v) is 6.79. The Morgan fingerprint density at radius 3 is 2.63 bits per heavy atom. The second-order valence-electron chi connectivity index (χ2n) is 5.02. The Hall–Kier alpha value is -1.62. The molecule has 0 aromatic carbocycles. The quantitative estimate of drug-likeness (QED) is 0.894. The fourth-order valence-corrected chi connectivity index (χ4v) is 2.35. The van der Waals surface area contributed by atoms with Crippen LogP contribution in [-0.4, -0.2) is 58.0 Å². The van der Waals surface area contributed by atoms with Crippen molar-refractivity contribution >= 4 is 5.91 Å². The Morgan fingerprint density at radius 2 is 2.05 bits per heavy atom. The molecule has 0 aliphatic carbocycles. The Bertz CT molecular complexity index is 442. The number of nitrogens with zero attached hydrogens (tertiary/aromatic N) is 3. The van der Waals surface area contributed by atoms with Crippen LogP contribution >= 0.6 is 0 Å². The highest BCUT2D eigenvalue weighted by molar-refractivity contribution is 5.94. The number of aromatic hydroxyl groups is 1. The van der Waals surface area contributed by atoms with E-state index < -0.39 is 0 Å². The van der Waals surface area contributed by atoms with Gasteiger partial charge in [0.2, 0.25) is 0 Å². The number of hydrogen-bond acceptors (Lipinski definition) is 4. The van der Waals surface area contributed by atoms with Crippen LogP contribution in [-0.2, 0) is 0 Å². The van der Waals surface area contributed by atoms with Crippen molar-refractivity contribution in [3.05, 3.63) is 24.0 Å². The van der Waals surface area contributed by atoms with Crippen molar-refractivity contribution in [3.63, 3.8) is 0 Å². The van der Waals surface area contributed by atoms with E-state index in [1.54, 1.807) is 0 Å². The summed E-state index contributed by atoms with van der Waals surface area (Å²) in [6.45, 7) is 7.69. The third-order valence-corrected chi connectivity index (χ3v) is 3.79. The van der Waals surface area contributed by atoms with E-state index in [-0.39, 0.29) is 11.7 Å². The van der Waals surface area contributed by atoms with Gasteiger partial charge in [0.1, 0.15) is 5.75 Å². The molecular weight excluding hydrogens is 242 g/mol. The summed E-state index contributed by atoms with van der Waals surface area (Å²) in [6, 6.07) is 2.04. The molecule has 1 atom stereocenters. The monoisotopic (exact) mass is 263 g/mol. The molecule has 1 aromatic heterocycles. The summed E-state index contributed by atoms with van der Waals surface area (Å²) in [4.78, 5) is 20.3. The smallest absolute Gasteiger partial charge is 0.255 e. The number of pyridine rings is 1. The van der Waals surface area contributed by atoms with Gasteiger partial charge >= 0.3 is 0 Å². The first-order valence-electron chi connectivity index (χ1n) is 6.79. The van der Waals surface area contributed by atoms with Gasteiger partial charge in [0.15, 0.2) is 0 Å². The van der Waals surface area contributed by atoms with Gasteiger partial charge in [0, 0.05) is 38.4 Å². The van der Waals surface area contributed by atoms with Gasteiger partial charge in [-0.3, -0.25) is 14.7 Å². The molecular formula is C14H21N3O2. The highest BCUT2D eigenvalue weighted by atomic mass is 16.3. The zero-order chi connectivity index (χ0) is 13.8. The second kappa shape index (κ2) is 6.02. The fourth-order valence-electron chi connectivity index (χ4n) is 2.35. The summed E-state index contributed by atoms with van der Waals surface area (Å²) in [5.74, 6) is -0.0173. The molecule has 0 bridgehead atoms. The number of carbonyl (C=O) groups excluding carboxylic acids is 1. The molecule has 0 spiro atoms. The molecule has 1 N–H and O–H groups in total. The predicted octanol–water partition coefficient (Wildman–Crippen LogP) is 1.34. The molecule has 104 valence electrons. The van der Waals surface area contributed by atoms with Crippen molar-refractivity contribution < 1.29 is 9.90 Å². The van der Waals surface area contributed by atoms with Gasteiger partial charge in [-0.15, -0.1) is 0 Å². The SMILES string of the molecule is CCC(C)N1CCN(C(=O)c2cncc(O)c2)CC1. The normalized spacial score (nSPS) is 18.3. The molecule has 0 radical (unpaired) electrons. The predicted molar refractivity (Wildman–Crippen MR) is 73.1 cm³/mol. The number of aromatic nitrogens is 1. The van der Waals surface area contributed by atoms with Gasteiger partial charge in [0.05, 0.1) is 11.8 Å². The molecule has 1 fully saturated rings. The van der Waals surface area contributed by atoms with Gasteiger partial charge in [0.25, 0.3) is 5.91 Å². The maximum absolute atomic E-state index is 12.3. The maximum atomic E-state index is 12.3. The largest absolute Gasteiger partial charge is 0.506 e. The first kappa shape index (κ1) is 13.8. The zero-order valence-corrected chi connectivity index (χ0v) is 11.5. The van der Waals surface area contributed by atoms with Crippen LogP contribution in [0.1, 0.15) is 30.6 Å². The Kier molecular flexibility index (Phi) is 4.37. The second-order valence-corrected chi connectivity index (χ2v) is 5.02. The number of hydrogen-bond donors (Lipinski definition) is 1. The van der Waals surface area contributed by atoms with E-state index in [2.05, 4.69) is 23.7 Å². The Labute approximate surface area is 113 Å². The third-order valence-electron chi connectivity index (χ3n) is 3.79. The third kappa shape index (κ3) is 3.23. The summed E-state index contributed by atoms with van der Waals surface area (Å²) in [5.41, 5.74) is 0.456. The topological polar surface area (TPSA) is 56.7 Å². The van der Waals surface area contributed by atoms with Crippen LogP contribution < -0.4 is 0 Å². The van der Waals surface area contributed by atoms with E-state index in [1.165, 1.54) is 18.5 Å². The zero-order valence-electron chi connectivity index (χ0n) is 11.5. The van der Waals surface area contributed by atoms with Gasteiger partial charge in [-0.2, -0.15) is 0 Å². The van der Waals surface area contributed by atoms with Crippen LogP contribution in [0.15, 0.2) is 18.5 Å². The summed E-state index contributed by atoms with van der Waals surface area (Å²) < 4.78 is 0. The summed E-state index contributed by atoms with van der Waals surface area (Å²) >= 11 is 0. The van der Waals surface area contributed by atoms with Gasteiger partial charge in [-0.05, 0) is 19.4 Å². The molecule has 5 heteroatoms. The Balaban J connectivity index is 1.96. The van der Waals surface area contributed by atoms with Crippen molar-refractivity contribution in [2.45, 2.75) is 26.3 Å². The number of rotatable bonds is 3. The molecule has 2 rings (SSSR count). The first-order chi connectivity index (χ1) is 9.11. The summed E-state index contributed by atoms with van der Waals surface area (Å²) in [7, 11) is 0. The van der Waals surface area contributed by atoms with E-state index in [9.17, 15) is 9.90 Å². The highest BCUT2D eigenvalue weighted by Crippen LogP contribution is 2.14. The van der Waals surface area contributed by atoms with Gasteiger partial charge < -0.3 is 10.0 Å². The molecule has 1 aliphatic heterocycles. The molecule has 0 saturated carbocycles. The van der Waals surface area contributed by atoms with Crippen LogP contribution in [0.25, 0.3) is 0 Å². The molecule has 19 heavy (non-hydrogen) atoms. The number of amides is 1. The lowest BCUT2D eigenvalue weighted by atomic mass is 10.1. The minimum absolute atomic E-state index is 0.0316. The van der Waals surface area contributed by atoms with Gasteiger partial charge in [-0.25, -0.2) is 0 Å². The van der Waals surface area contributed by atoms with Crippen LogP contribution in [0.3, 0.4) is 0 Å². The van der Waals surface area contributed by atoms with Crippen molar-refractivity contribution in [2.24, 2.45) is 0 Å². The number of carbonyl (C=O) groups is 1. The van der Waals surface area contributed by atoms with E-state index in [0.29, 0.717) is 11.6 Å². The minimum atomic E-state index is -0.0489. The lowest BCUT2D eigenvalue weighted by Gasteiger charge is -2.37. The van der Waals surface area contributed by atoms with E-state index in [1.807, 2.05) is 4.90 Å². The van der Waals surface area contributed by atoms with Crippen molar-refractivity contribution in [3.8, 4) is 5.75 Å². The van der Waals surface area contributed by atoms with Crippen LogP contribution in [0.5, 0.6) is 5.75 Å². The number of piperazine rings is 1. The summed E-state index contributed by atoms with van der Waals surface area (Å²) in [6.07, 6.45) is 3.96. The lowest BCUT2D eigenvalue weighted by Crippen LogP contribution is -2.51. The minimum Gasteiger partial charge on any atom is -0.506 e. The van der Waals surface area contributed by atoms with E-state index in [4.69, 9.17) is 0 Å². The molecule has 1 saturated heterocycles. The van der Waals surface area contributed by atoms with Crippen molar-refractivity contribution in [2.75, 3.05) is 26.2 Å². The Morgan fingerprint density at radius 1 is 1.37 bits per heavy atom. The van der Waals surface area contributed by atoms with E-state index >= 15 is 0 Å². The van der Waals surface area contributed by atoms with Gasteiger partial charge in [-0.1, -0.05) is 6.92 Å². The van der Waals surface area contributed by atoms with Crippen molar-refractivity contribution in [1.29, 1.82) is 0 Å². The summed E-state index contributed by atoms with van der Waals surface area (Å²) in [5, 5.41) is 9.37. The standard InChI is InChI=1S/C14H21N3O2/c1-3-11(2)16-4-6-17(7-5-16)14(19)12-8-13(18)10-15-9-12/h8-11,18H,3-7H2,1-2H3. The average Bonchev–Trinajstić information content (AvgIpc) is 2.46. The molecule has 1 aliphatic rings. The average molecular weight is 263 g/mol. The molecule has 2 heterocycles. The molecule has 1 unspecified atom stereocenters. The lowest BCUT2D eigenvalue weighted by molar-refractivity contribution is 0.0579. The maximum Gasteiger partial charge on any atom is 0.255 e. The van der Waals surface area contributed by atoms with Crippen LogP contribution in [0.2, 0.25) is 0 Å². The molecule has 1 amide bonds.